The Kier molecular flexibility index (Phi) is 4.83. The molecule has 0 N–H and O–H groups in total. The average molecular weight is 363 g/mol. The molecule has 0 aliphatic rings. The van der Waals surface area contributed by atoms with Gasteiger partial charge in [-0.05, 0) is 37.3 Å². The van der Waals surface area contributed by atoms with Crippen LogP contribution in [0.3, 0.4) is 0 Å². The molecule has 0 amide bonds. The molecule has 7 heteroatoms. The maximum absolute atomic E-state index is 12.0. The van der Waals surface area contributed by atoms with E-state index in [4.69, 9.17) is 32.7 Å². The number of ether oxygens (including phenoxy) is 2. The lowest BCUT2D eigenvalue weighted by atomic mass is 10.3. The Bertz CT molecular complexity index is 915. The summed E-state index contributed by atoms with van der Waals surface area (Å²) in [6.45, 7) is 1.41. The summed E-state index contributed by atoms with van der Waals surface area (Å²) in [6.07, 6.45) is 0. The van der Waals surface area contributed by atoms with E-state index in [-0.39, 0.29) is 12.5 Å². The van der Waals surface area contributed by atoms with E-state index < -0.39 is 5.97 Å². The summed E-state index contributed by atoms with van der Waals surface area (Å²) in [5.74, 6) is -0.0995. The highest BCUT2D eigenvalue weighted by Gasteiger charge is 2.13. The van der Waals surface area contributed by atoms with Gasteiger partial charge in [0.15, 0.2) is 6.61 Å². The number of hydrogen-bond donors (Lipinski definition) is 0. The number of carbonyl (C=O) groups is 1. The van der Waals surface area contributed by atoms with Crippen LogP contribution in [0.4, 0.5) is 0 Å². The van der Waals surface area contributed by atoms with Crippen LogP contribution in [0.1, 0.15) is 5.69 Å². The van der Waals surface area contributed by atoms with Crippen LogP contribution in [0.15, 0.2) is 42.5 Å². The molecule has 3 rings (SSSR count). The Morgan fingerprint density at radius 2 is 1.79 bits per heavy atom. The second-order valence-electron chi connectivity index (χ2n) is 4.94. The number of fused-ring (bicyclic) bond motifs is 1. The second kappa shape index (κ2) is 7.03. The zero-order valence-corrected chi connectivity index (χ0v) is 14.1. The number of benzene rings is 2. The zero-order chi connectivity index (χ0) is 17.1. The van der Waals surface area contributed by atoms with Crippen LogP contribution in [-0.2, 0) is 4.79 Å². The zero-order valence-electron chi connectivity index (χ0n) is 12.6. The highest BCUT2D eigenvalue weighted by molar-refractivity contribution is 6.35. The lowest BCUT2D eigenvalue weighted by molar-refractivity contribution is -0.136. The SMILES string of the molecule is Cc1nc2ccccc2nc1OC(=O)COc1ccc(Cl)cc1Cl. The molecule has 0 saturated heterocycles. The average Bonchev–Trinajstić information content (AvgIpc) is 2.55. The van der Waals surface area contributed by atoms with Crippen LogP contribution in [0.5, 0.6) is 11.6 Å². The minimum absolute atomic E-state index is 0.157. The van der Waals surface area contributed by atoms with E-state index in [1.165, 1.54) is 6.07 Å². The van der Waals surface area contributed by atoms with Crippen LogP contribution >= 0.6 is 23.2 Å². The van der Waals surface area contributed by atoms with Crippen molar-refractivity contribution in [1.82, 2.24) is 9.97 Å². The van der Waals surface area contributed by atoms with E-state index in [9.17, 15) is 4.79 Å². The Morgan fingerprint density at radius 1 is 1.08 bits per heavy atom. The highest BCUT2D eigenvalue weighted by Crippen LogP contribution is 2.27. The van der Waals surface area contributed by atoms with Gasteiger partial charge in [0.1, 0.15) is 11.4 Å². The highest BCUT2D eigenvalue weighted by atomic mass is 35.5. The number of carbonyl (C=O) groups excluding carboxylic acids is 1. The molecule has 0 fully saturated rings. The van der Waals surface area contributed by atoms with E-state index in [1.54, 1.807) is 25.1 Å². The first-order chi connectivity index (χ1) is 11.5. The Balaban J connectivity index is 1.69. The summed E-state index contributed by atoms with van der Waals surface area (Å²) < 4.78 is 10.6. The van der Waals surface area contributed by atoms with Crippen molar-refractivity contribution in [2.45, 2.75) is 6.92 Å². The summed E-state index contributed by atoms with van der Waals surface area (Å²) >= 11 is 11.8. The molecule has 0 aliphatic heterocycles. The van der Waals surface area contributed by atoms with Crippen LogP contribution < -0.4 is 9.47 Å². The molecular formula is C17H12Cl2N2O3. The molecule has 0 spiro atoms. The number of aromatic nitrogens is 2. The summed E-state index contributed by atoms with van der Waals surface area (Å²) in [4.78, 5) is 20.6. The number of esters is 1. The fraction of sp³-hybridized carbons (Fsp3) is 0.118. The van der Waals surface area contributed by atoms with Gasteiger partial charge in [-0.3, -0.25) is 0 Å². The largest absolute Gasteiger partial charge is 0.480 e. The van der Waals surface area contributed by atoms with Crippen molar-refractivity contribution >= 4 is 40.2 Å². The van der Waals surface area contributed by atoms with E-state index in [0.29, 0.717) is 27.0 Å². The number of halogens is 2. The number of para-hydroxylation sites is 2. The third-order valence-corrected chi connectivity index (χ3v) is 3.68. The van der Waals surface area contributed by atoms with Gasteiger partial charge in [-0.2, -0.15) is 0 Å². The molecule has 1 heterocycles. The van der Waals surface area contributed by atoms with Gasteiger partial charge >= 0.3 is 5.97 Å². The van der Waals surface area contributed by atoms with Crippen molar-refractivity contribution in [3.05, 3.63) is 58.2 Å². The third kappa shape index (κ3) is 3.75. The Hall–Kier alpha value is -2.37. The molecular weight excluding hydrogens is 351 g/mol. The van der Waals surface area contributed by atoms with Crippen molar-refractivity contribution in [2.75, 3.05) is 6.61 Å². The predicted octanol–water partition coefficient (Wildman–Crippen LogP) is 4.23. The maximum atomic E-state index is 12.0. The molecule has 3 aromatic rings. The number of aryl methyl sites for hydroxylation is 1. The van der Waals surface area contributed by atoms with Gasteiger partial charge in [0, 0.05) is 5.02 Å². The fourth-order valence-electron chi connectivity index (χ4n) is 2.03. The summed E-state index contributed by atoms with van der Waals surface area (Å²) in [5, 5.41) is 0.800. The van der Waals surface area contributed by atoms with Crippen LogP contribution in [0.25, 0.3) is 11.0 Å². The van der Waals surface area contributed by atoms with E-state index >= 15 is 0 Å². The molecule has 0 aliphatic carbocycles. The van der Waals surface area contributed by atoms with Gasteiger partial charge in [-0.1, -0.05) is 35.3 Å². The predicted molar refractivity (Wildman–Crippen MR) is 91.9 cm³/mol. The van der Waals surface area contributed by atoms with Gasteiger partial charge < -0.3 is 9.47 Å². The summed E-state index contributed by atoms with van der Waals surface area (Å²) in [6, 6.07) is 12.1. The normalized spacial score (nSPS) is 10.6. The van der Waals surface area contributed by atoms with Gasteiger partial charge in [0.2, 0.25) is 5.88 Å². The first kappa shape index (κ1) is 16.5. The van der Waals surface area contributed by atoms with Crippen molar-refractivity contribution in [2.24, 2.45) is 0 Å². The van der Waals surface area contributed by atoms with Crippen molar-refractivity contribution in [1.29, 1.82) is 0 Å². The van der Waals surface area contributed by atoms with Gasteiger partial charge in [0.25, 0.3) is 0 Å². The summed E-state index contributed by atoms with van der Waals surface area (Å²) in [7, 11) is 0. The minimum atomic E-state index is -0.603. The molecule has 0 saturated carbocycles. The summed E-state index contributed by atoms with van der Waals surface area (Å²) in [5.41, 5.74) is 1.90. The topological polar surface area (TPSA) is 61.3 Å². The Labute approximate surface area is 148 Å². The fourth-order valence-corrected chi connectivity index (χ4v) is 2.50. The lowest BCUT2D eigenvalue weighted by Crippen LogP contribution is -2.19. The molecule has 24 heavy (non-hydrogen) atoms. The van der Waals surface area contributed by atoms with E-state index in [1.807, 2.05) is 18.2 Å². The smallest absolute Gasteiger partial charge is 0.350 e. The monoisotopic (exact) mass is 362 g/mol. The first-order valence-corrected chi connectivity index (χ1v) is 7.80. The molecule has 0 unspecified atom stereocenters. The van der Waals surface area contributed by atoms with Gasteiger partial charge in [-0.25, -0.2) is 14.8 Å². The van der Waals surface area contributed by atoms with Crippen molar-refractivity contribution in [3.63, 3.8) is 0 Å². The molecule has 5 nitrogen and oxygen atoms in total. The standard InChI is InChI=1S/C17H12Cl2N2O3/c1-10-17(21-14-5-3-2-4-13(14)20-10)24-16(22)9-23-15-7-6-11(18)8-12(15)19/h2-8H,9H2,1H3. The second-order valence-corrected chi connectivity index (χ2v) is 5.78. The molecule has 122 valence electrons. The molecule has 0 bridgehead atoms. The first-order valence-electron chi connectivity index (χ1n) is 7.05. The van der Waals surface area contributed by atoms with Crippen LogP contribution in [-0.4, -0.2) is 22.5 Å². The maximum Gasteiger partial charge on any atom is 0.350 e. The molecule has 2 aromatic carbocycles. The Morgan fingerprint density at radius 3 is 2.50 bits per heavy atom. The van der Waals surface area contributed by atoms with E-state index in [0.717, 1.165) is 5.52 Å². The van der Waals surface area contributed by atoms with E-state index in [2.05, 4.69) is 9.97 Å². The van der Waals surface area contributed by atoms with Crippen LogP contribution in [0.2, 0.25) is 10.0 Å². The minimum Gasteiger partial charge on any atom is -0.480 e. The molecule has 1 aromatic heterocycles. The number of nitrogens with zero attached hydrogens (tertiary/aromatic N) is 2. The van der Waals surface area contributed by atoms with Crippen molar-refractivity contribution < 1.29 is 14.3 Å². The third-order valence-electron chi connectivity index (χ3n) is 3.15. The lowest BCUT2D eigenvalue weighted by Gasteiger charge is -2.09. The van der Waals surface area contributed by atoms with Gasteiger partial charge in [-0.15, -0.1) is 0 Å². The molecule has 0 atom stereocenters. The number of rotatable bonds is 4. The van der Waals surface area contributed by atoms with Crippen molar-refractivity contribution in [3.8, 4) is 11.6 Å². The van der Waals surface area contributed by atoms with Crippen LogP contribution in [0, 0.1) is 6.92 Å². The van der Waals surface area contributed by atoms with Gasteiger partial charge in [0.05, 0.1) is 16.1 Å². The molecule has 0 radical (unpaired) electrons. The quantitative estimate of drug-likeness (QED) is 0.650. The number of hydrogen-bond acceptors (Lipinski definition) is 5.